The van der Waals surface area contributed by atoms with Crippen molar-refractivity contribution < 1.29 is 4.79 Å². The normalized spacial score (nSPS) is 10.1. The first-order chi connectivity index (χ1) is 8.45. The molecule has 0 aliphatic carbocycles. The molecule has 1 aromatic rings. The zero-order valence-corrected chi connectivity index (χ0v) is 11.2. The Labute approximate surface area is 107 Å². The SMILES string of the molecule is Cc1nc(NN)c(C)c(NCCC(=O)N(C)C)n1. The van der Waals surface area contributed by atoms with Gasteiger partial charge in [0.05, 0.1) is 0 Å². The van der Waals surface area contributed by atoms with E-state index < -0.39 is 0 Å². The second-order valence-corrected chi connectivity index (χ2v) is 4.20. The molecule has 0 aliphatic rings. The Bertz CT molecular complexity index is 432. The van der Waals surface area contributed by atoms with E-state index in [-0.39, 0.29) is 5.91 Å². The molecule has 0 spiro atoms. The molecular formula is C11H20N6O. The number of nitrogens with one attached hydrogen (secondary N) is 2. The van der Waals surface area contributed by atoms with Gasteiger partial charge in [-0.3, -0.25) is 4.79 Å². The number of hydrazine groups is 1. The van der Waals surface area contributed by atoms with Crippen LogP contribution in [0, 0.1) is 13.8 Å². The molecule has 0 saturated heterocycles. The molecule has 0 aromatic carbocycles. The average Bonchev–Trinajstić information content (AvgIpc) is 2.32. The summed E-state index contributed by atoms with van der Waals surface area (Å²) < 4.78 is 0. The number of carbonyl (C=O) groups excluding carboxylic acids is 1. The first kappa shape index (κ1) is 14.2. The molecule has 0 aliphatic heterocycles. The molecule has 0 radical (unpaired) electrons. The number of anilines is 2. The Morgan fingerprint density at radius 3 is 2.44 bits per heavy atom. The molecule has 7 heteroatoms. The molecule has 1 rings (SSSR count). The minimum atomic E-state index is 0.0723. The lowest BCUT2D eigenvalue weighted by Gasteiger charge is -2.13. The lowest BCUT2D eigenvalue weighted by molar-refractivity contribution is -0.128. The van der Waals surface area contributed by atoms with Crippen molar-refractivity contribution in [3.63, 3.8) is 0 Å². The van der Waals surface area contributed by atoms with Crippen LogP contribution in [0.5, 0.6) is 0 Å². The zero-order chi connectivity index (χ0) is 13.7. The van der Waals surface area contributed by atoms with Gasteiger partial charge in [0.1, 0.15) is 17.5 Å². The Hall–Kier alpha value is -1.89. The summed E-state index contributed by atoms with van der Waals surface area (Å²) in [6.07, 6.45) is 0.418. The number of aryl methyl sites for hydroxylation is 1. The Morgan fingerprint density at radius 2 is 1.89 bits per heavy atom. The lowest BCUT2D eigenvalue weighted by atomic mass is 10.3. The highest BCUT2D eigenvalue weighted by Gasteiger charge is 2.09. The van der Waals surface area contributed by atoms with E-state index in [1.807, 2.05) is 6.92 Å². The first-order valence-corrected chi connectivity index (χ1v) is 5.71. The second-order valence-electron chi connectivity index (χ2n) is 4.20. The fourth-order valence-electron chi connectivity index (χ4n) is 1.45. The maximum atomic E-state index is 11.4. The van der Waals surface area contributed by atoms with Crippen LogP contribution in [0.15, 0.2) is 0 Å². The third kappa shape index (κ3) is 3.56. The third-order valence-corrected chi connectivity index (χ3v) is 2.52. The number of hydrogen-bond donors (Lipinski definition) is 3. The zero-order valence-electron chi connectivity index (χ0n) is 11.2. The van der Waals surface area contributed by atoms with Gasteiger partial charge in [-0.15, -0.1) is 0 Å². The summed E-state index contributed by atoms with van der Waals surface area (Å²) >= 11 is 0. The Morgan fingerprint density at radius 1 is 1.28 bits per heavy atom. The van der Waals surface area contributed by atoms with E-state index in [9.17, 15) is 4.79 Å². The van der Waals surface area contributed by atoms with Crippen molar-refractivity contribution >= 4 is 17.5 Å². The summed E-state index contributed by atoms with van der Waals surface area (Å²) in [5, 5.41) is 3.12. The molecule has 1 heterocycles. The van der Waals surface area contributed by atoms with E-state index in [0.717, 1.165) is 5.56 Å². The highest BCUT2D eigenvalue weighted by Crippen LogP contribution is 2.18. The van der Waals surface area contributed by atoms with Crippen LogP contribution in [-0.4, -0.2) is 41.4 Å². The van der Waals surface area contributed by atoms with Crippen molar-refractivity contribution in [3.8, 4) is 0 Å². The predicted molar refractivity (Wildman–Crippen MR) is 71.1 cm³/mol. The standard InChI is InChI=1S/C11H20N6O/c1-7-10(13-6-5-9(18)17(3)4)14-8(2)15-11(7)16-12/h5-6,12H2,1-4H3,(H2,13,14,15,16). The highest BCUT2D eigenvalue weighted by molar-refractivity contribution is 5.76. The molecule has 0 saturated carbocycles. The Kier molecular flexibility index (Phi) is 4.85. The Balaban J connectivity index is 2.67. The number of nitrogens with two attached hydrogens (primary N) is 1. The fourth-order valence-corrected chi connectivity index (χ4v) is 1.45. The van der Waals surface area contributed by atoms with Crippen molar-refractivity contribution in [2.75, 3.05) is 31.4 Å². The number of aromatic nitrogens is 2. The monoisotopic (exact) mass is 252 g/mol. The minimum absolute atomic E-state index is 0.0723. The molecule has 1 aromatic heterocycles. The van der Waals surface area contributed by atoms with E-state index in [4.69, 9.17) is 5.84 Å². The van der Waals surface area contributed by atoms with Gasteiger partial charge in [0.2, 0.25) is 5.91 Å². The van der Waals surface area contributed by atoms with E-state index in [1.54, 1.807) is 25.9 Å². The highest BCUT2D eigenvalue weighted by atomic mass is 16.2. The molecule has 1 amide bonds. The van der Waals surface area contributed by atoms with Crippen molar-refractivity contribution in [2.24, 2.45) is 5.84 Å². The summed E-state index contributed by atoms with van der Waals surface area (Å²) in [6, 6.07) is 0. The number of nitrogens with zero attached hydrogens (tertiary/aromatic N) is 3. The van der Waals surface area contributed by atoms with Crippen LogP contribution in [-0.2, 0) is 4.79 Å². The fraction of sp³-hybridized carbons (Fsp3) is 0.545. The van der Waals surface area contributed by atoms with Gasteiger partial charge < -0.3 is 15.6 Å². The van der Waals surface area contributed by atoms with Gasteiger partial charge in [0, 0.05) is 32.6 Å². The summed E-state index contributed by atoms with van der Waals surface area (Å²) in [7, 11) is 3.47. The molecule has 100 valence electrons. The third-order valence-electron chi connectivity index (χ3n) is 2.52. The van der Waals surface area contributed by atoms with Crippen LogP contribution < -0.4 is 16.6 Å². The van der Waals surface area contributed by atoms with Gasteiger partial charge in [-0.1, -0.05) is 0 Å². The van der Waals surface area contributed by atoms with Crippen LogP contribution in [0.1, 0.15) is 17.8 Å². The molecule has 0 fully saturated rings. The van der Waals surface area contributed by atoms with Crippen LogP contribution >= 0.6 is 0 Å². The lowest BCUT2D eigenvalue weighted by Crippen LogP contribution is -2.24. The van der Waals surface area contributed by atoms with Gasteiger partial charge in [-0.25, -0.2) is 15.8 Å². The maximum Gasteiger partial charge on any atom is 0.223 e. The van der Waals surface area contributed by atoms with Gasteiger partial charge in [0.15, 0.2) is 0 Å². The van der Waals surface area contributed by atoms with Crippen molar-refractivity contribution in [3.05, 3.63) is 11.4 Å². The van der Waals surface area contributed by atoms with Crippen molar-refractivity contribution in [1.29, 1.82) is 0 Å². The first-order valence-electron chi connectivity index (χ1n) is 5.71. The van der Waals surface area contributed by atoms with Crippen LogP contribution in [0.2, 0.25) is 0 Å². The smallest absolute Gasteiger partial charge is 0.223 e. The number of rotatable bonds is 5. The second kappa shape index (κ2) is 6.15. The van der Waals surface area contributed by atoms with Crippen molar-refractivity contribution in [2.45, 2.75) is 20.3 Å². The van der Waals surface area contributed by atoms with Crippen molar-refractivity contribution in [1.82, 2.24) is 14.9 Å². The topological polar surface area (TPSA) is 96.2 Å². The molecule has 0 atom stereocenters. The van der Waals surface area contributed by atoms with E-state index in [1.165, 1.54) is 0 Å². The quantitative estimate of drug-likeness (QED) is 0.514. The summed E-state index contributed by atoms with van der Waals surface area (Å²) in [4.78, 5) is 21.4. The average molecular weight is 252 g/mol. The molecule has 18 heavy (non-hydrogen) atoms. The van der Waals surface area contributed by atoms with Gasteiger partial charge >= 0.3 is 0 Å². The number of nitrogen functional groups attached to an aromatic ring is 1. The molecule has 0 bridgehead atoms. The van der Waals surface area contributed by atoms with Crippen LogP contribution in [0.4, 0.5) is 11.6 Å². The summed E-state index contributed by atoms with van der Waals surface area (Å²) in [5.74, 6) is 7.35. The van der Waals surface area contributed by atoms with E-state index >= 15 is 0 Å². The van der Waals surface area contributed by atoms with Gasteiger partial charge in [-0.2, -0.15) is 0 Å². The summed E-state index contributed by atoms with van der Waals surface area (Å²) in [5.41, 5.74) is 3.36. The summed E-state index contributed by atoms with van der Waals surface area (Å²) in [6.45, 7) is 4.18. The number of hydrogen-bond acceptors (Lipinski definition) is 6. The largest absolute Gasteiger partial charge is 0.369 e. The minimum Gasteiger partial charge on any atom is -0.369 e. The molecule has 7 nitrogen and oxygen atoms in total. The van der Waals surface area contributed by atoms with E-state index in [2.05, 4.69) is 20.7 Å². The van der Waals surface area contributed by atoms with E-state index in [0.29, 0.717) is 30.4 Å². The molecule has 4 N–H and O–H groups in total. The predicted octanol–water partition coefficient (Wildman–Crippen LogP) is 0.269. The van der Waals surface area contributed by atoms with Gasteiger partial charge in [0.25, 0.3) is 0 Å². The molecular weight excluding hydrogens is 232 g/mol. The number of amides is 1. The molecule has 0 unspecified atom stereocenters. The maximum absolute atomic E-state index is 11.4. The number of carbonyl (C=O) groups is 1. The van der Waals surface area contributed by atoms with Gasteiger partial charge in [-0.05, 0) is 13.8 Å². The van der Waals surface area contributed by atoms with Crippen LogP contribution in [0.3, 0.4) is 0 Å². The van der Waals surface area contributed by atoms with Crippen LogP contribution in [0.25, 0.3) is 0 Å².